The molecular weight excluding hydrogens is 304 g/mol. The van der Waals surface area contributed by atoms with Gasteiger partial charge in [0.25, 0.3) is 5.52 Å². The lowest BCUT2D eigenvalue weighted by Crippen LogP contribution is -2.11. The van der Waals surface area contributed by atoms with E-state index in [-0.39, 0.29) is 5.97 Å². The van der Waals surface area contributed by atoms with Crippen LogP contribution in [0.25, 0.3) is 10.9 Å². The van der Waals surface area contributed by atoms with E-state index in [9.17, 15) is 4.79 Å². The first-order chi connectivity index (χ1) is 11.6. The zero-order valence-electron chi connectivity index (χ0n) is 13.8. The van der Waals surface area contributed by atoms with Gasteiger partial charge in [0.05, 0.1) is 30.9 Å². The van der Waals surface area contributed by atoms with Crippen molar-refractivity contribution in [2.24, 2.45) is 0 Å². The van der Waals surface area contributed by atoms with Crippen molar-refractivity contribution in [1.82, 2.24) is 0 Å². The molecule has 2 N–H and O–H groups in total. The van der Waals surface area contributed by atoms with Gasteiger partial charge in [-0.25, -0.2) is 9.78 Å². The van der Waals surface area contributed by atoms with Gasteiger partial charge in [0.15, 0.2) is 11.4 Å². The molecular formula is C19H19N2O3+. The number of aromatic amines is 1. The number of pyridine rings is 1. The quantitative estimate of drug-likeness (QED) is 0.747. The van der Waals surface area contributed by atoms with Gasteiger partial charge in [-0.2, -0.15) is 0 Å². The second-order valence-electron chi connectivity index (χ2n) is 5.45. The lowest BCUT2D eigenvalue weighted by molar-refractivity contribution is -0.355. The van der Waals surface area contributed by atoms with Crippen LogP contribution < -0.4 is 15.0 Å². The summed E-state index contributed by atoms with van der Waals surface area (Å²) in [5.74, 6) is 0.422. The van der Waals surface area contributed by atoms with Crippen LogP contribution in [0.4, 0.5) is 11.4 Å². The molecule has 24 heavy (non-hydrogen) atoms. The topological polar surface area (TPSA) is 61.7 Å². The summed E-state index contributed by atoms with van der Waals surface area (Å²) in [7, 11) is 3.02. The Kier molecular flexibility index (Phi) is 4.33. The van der Waals surface area contributed by atoms with Crippen molar-refractivity contribution in [2.75, 3.05) is 19.5 Å². The maximum atomic E-state index is 11.7. The molecule has 1 aromatic heterocycles. The van der Waals surface area contributed by atoms with Gasteiger partial charge >= 0.3 is 5.97 Å². The number of methoxy groups -OCH3 is 2. The van der Waals surface area contributed by atoms with Gasteiger partial charge in [0.2, 0.25) is 0 Å². The van der Waals surface area contributed by atoms with Crippen molar-refractivity contribution >= 4 is 28.2 Å². The molecule has 0 bridgehead atoms. The number of ether oxygens (including phenoxy) is 2. The molecule has 0 aliphatic rings. The molecule has 0 atom stereocenters. The van der Waals surface area contributed by atoms with Crippen LogP contribution in [0.1, 0.15) is 16.1 Å². The van der Waals surface area contributed by atoms with Crippen LogP contribution in [0.5, 0.6) is 5.75 Å². The van der Waals surface area contributed by atoms with E-state index >= 15 is 0 Å². The van der Waals surface area contributed by atoms with Crippen molar-refractivity contribution in [2.45, 2.75) is 6.92 Å². The second kappa shape index (κ2) is 6.58. The SMILES string of the molecule is COC(=O)c1cccc(Nc2cc(C)[nH+]c3c(OC)cccc23)c1. The van der Waals surface area contributed by atoms with Crippen molar-refractivity contribution in [1.29, 1.82) is 0 Å². The van der Waals surface area contributed by atoms with Crippen molar-refractivity contribution in [3.05, 3.63) is 59.8 Å². The lowest BCUT2D eigenvalue weighted by Gasteiger charge is -2.10. The molecule has 0 fully saturated rings. The van der Waals surface area contributed by atoms with Crippen LogP contribution in [-0.2, 0) is 4.74 Å². The summed E-state index contributed by atoms with van der Waals surface area (Å²) in [6, 6.07) is 15.1. The van der Waals surface area contributed by atoms with Gasteiger partial charge in [0, 0.05) is 18.7 Å². The van der Waals surface area contributed by atoms with Crippen LogP contribution in [0.2, 0.25) is 0 Å². The van der Waals surface area contributed by atoms with E-state index < -0.39 is 0 Å². The van der Waals surface area contributed by atoms with E-state index in [0.717, 1.165) is 33.7 Å². The molecule has 0 unspecified atom stereocenters. The predicted molar refractivity (Wildman–Crippen MR) is 92.9 cm³/mol. The summed E-state index contributed by atoms with van der Waals surface area (Å²) >= 11 is 0. The average Bonchev–Trinajstić information content (AvgIpc) is 2.60. The maximum absolute atomic E-state index is 11.7. The molecule has 3 rings (SSSR count). The van der Waals surface area contributed by atoms with Crippen LogP contribution in [0, 0.1) is 6.92 Å². The van der Waals surface area contributed by atoms with Gasteiger partial charge in [-0.1, -0.05) is 12.1 Å². The highest BCUT2D eigenvalue weighted by Crippen LogP contribution is 2.30. The van der Waals surface area contributed by atoms with Crippen LogP contribution in [0.15, 0.2) is 48.5 Å². The van der Waals surface area contributed by atoms with Crippen molar-refractivity contribution in [3.63, 3.8) is 0 Å². The first-order valence-corrected chi connectivity index (χ1v) is 7.57. The smallest absolute Gasteiger partial charge is 0.337 e. The lowest BCUT2D eigenvalue weighted by atomic mass is 10.1. The van der Waals surface area contributed by atoms with E-state index in [0.29, 0.717) is 5.56 Å². The highest BCUT2D eigenvalue weighted by molar-refractivity contribution is 5.95. The summed E-state index contributed by atoms with van der Waals surface area (Å²) in [5.41, 5.74) is 4.17. The third kappa shape index (κ3) is 3.01. The molecule has 0 saturated carbocycles. The third-order valence-electron chi connectivity index (χ3n) is 3.78. The van der Waals surface area contributed by atoms with Gasteiger partial charge in [-0.15, -0.1) is 0 Å². The van der Waals surface area contributed by atoms with E-state index in [4.69, 9.17) is 9.47 Å². The summed E-state index contributed by atoms with van der Waals surface area (Å²) in [6.45, 7) is 1.99. The number of nitrogens with one attached hydrogen (secondary N) is 2. The number of benzene rings is 2. The van der Waals surface area contributed by atoms with Crippen LogP contribution in [0.3, 0.4) is 0 Å². The standard InChI is InChI=1S/C19H18N2O3/c1-12-10-16(15-8-5-9-17(23-2)18(15)20-12)21-14-7-4-6-13(11-14)19(22)24-3/h4-11H,1-3H3,(H,20,21)/p+1. The number of carbonyl (C=O) groups is 1. The minimum Gasteiger partial charge on any atom is -0.490 e. The first-order valence-electron chi connectivity index (χ1n) is 7.57. The Bertz CT molecular complexity index is 906. The molecule has 122 valence electrons. The number of esters is 1. The van der Waals surface area contributed by atoms with Gasteiger partial charge in [-0.05, 0) is 30.3 Å². The fourth-order valence-electron chi connectivity index (χ4n) is 2.68. The monoisotopic (exact) mass is 323 g/mol. The molecule has 0 radical (unpaired) electrons. The number of carbonyl (C=O) groups excluding carboxylic acids is 1. The Hall–Kier alpha value is -3.08. The molecule has 0 aliphatic carbocycles. The Morgan fingerprint density at radius 2 is 1.88 bits per heavy atom. The Morgan fingerprint density at radius 1 is 1.08 bits per heavy atom. The predicted octanol–water partition coefficient (Wildman–Crippen LogP) is 3.50. The van der Waals surface area contributed by atoms with Crippen LogP contribution in [-0.4, -0.2) is 20.2 Å². The summed E-state index contributed by atoms with van der Waals surface area (Å²) in [4.78, 5) is 15.0. The van der Waals surface area contributed by atoms with E-state index in [2.05, 4.69) is 10.3 Å². The van der Waals surface area contributed by atoms with E-state index in [1.807, 2.05) is 43.3 Å². The molecule has 5 nitrogen and oxygen atoms in total. The molecule has 0 saturated heterocycles. The number of hydrogen-bond acceptors (Lipinski definition) is 4. The fourth-order valence-corrected chi connectivity index (χ4v) is 2.68. The Labute approximate surface area is 140 Å². The minimum atomic E-state index is -0.359. The highest BCUT2D eigenvalue weighted by atomic mass is 16.5. The maximum Gasteiger partial charge on any atom is 0.337 e. The average molecular weight is 323 g/mol. The molecule has 1 heterocycles. The number of aromatic nitrogens is 1. The van der Waals surface area contributed by atoms with Gasteiger partial charge < -0.3 is 14.8 Å². The number of rotatable bonds is 4. The molecule has 0 spiro atoms. The van der Waals surface area contributed by atoms with E-state index in [1.54, 1.807) is 19.2 Å². The normalized spacial score (nSPS) is 10.5. The summed E-state index contributed by atoms with van der Waals surface area (Å²) in [5, 5.41) is 4.38. The largest absolute Gasteiger partial charge is 0.490 e. The van der Waals surface area contributed by atoms with Crippen molar-refractivity contribution in [3.8, 4) is 5.75 Å². The zero-order chi connectivity index (χ0) is 17.1. The molecule has 0 amide bonds. The molecule has 5 heteroatoms. The number of H-pyrrole nitrogens is 1. The fraction of sp³-hybridized carbons (Fsp3) is 0.158. The third-order valence-corrected chi connectivity index (χ3v) is 3.78. The second-order valence-corrected chi connectivity index (χ2v) is 5.45. The number of fused-ring (bicyclic) bond motifs is 1. The first kappa shape index (κ1) is 15.8. The minimum absolute atomic E-state index is 0.359. The molecule has 0 aliphatic heterocycles. The number of anilines is 2. The summed E-state index contributed by atoms with van der Waals surface area (Å²) in [6.07, 6.45) is 0. The number of para-hydroxylation sites is 1. The molecule has 3 aromatic rings. The Morgan fingerprint density at radius 3 is 2.62 bits per heavy atom. The van der Waals surface area contributed by atoms with Gasteiger partial charge in [0.1, 0.15) is 0 Å². The summed E-state index contributed by atoms with van der Waals surface area (Å²) < 4.78 is 10.2. The van der Waals surface area contributed by atoms with Gasteiger partial charge in [-0.3, -0.25) is 0 Å². The van der Waals surface area contributed by atoms with Crippen LogP contribution >= 0.6 is 0 Å². The Balaban J connectivity index is 2.06. The highest BCUT2D eigenvalue weighted by Gasteiger charge is 2.14. The molecule has 2 aromatic carbocycles. The number of aryl methyl sites for hydroxylation is 1. The van der Waals surface area contributed by atoms with E-state index in [1.165, 1.54) is 7.11 Å². The zero-order valence-corrected chi connectivity index (χ0v) is 13.8. The van der Waals surface area contributed by atoms with Crippen molar-refractivity contribution < 1.29 is 19.3 Å². The number of hydrogen-bond donors (Lipinski definition) is 1.